The summed E-state index contributed by atoms with van der Waals surface area (Å²) in [5.41, 5.74) is 2.18. The largest absolute Gasteiger partial charge is 0.381 e. The molecule has 1 aromatic rings. The van der Waals surface area contributed by atoms with Crippen molar-refractivity contribution < 1.29 is 0 Å². The fraction of sp³-hybridized carbons (Fsp3) is 0.625. The highest BCUT2D eigenvalue weighted by Crippen LogP contribution is 2.46. The highest BCUT2D eigenvalue weighted by atomic mass is 127. The molecule has 0 amide bonds. The molecule has 0 bridgehead atoms. The smallest absolute Gasteiger partial charge is 0.0478 e. The van der Waals surface area contributed by atoms with Gasteiger partial charge in [-0.2, -0.15) is 0 Å². The zero-order valence-electron chi connectivity index (χ0n) is 11.9. The van der Waals surface area contributed by atoms with E-state index < -0.39 is 0 Å². The Morgan fingerprint density at radius 2 is 1.61 bits per heavy atom. The normalized spacial score (nSPS) is 22.7. The number of nitrogens with one attached hydrogen (secondary N) is 1. The van der Waals surface area contributed by atoms with E-state index in [0.29, 0.717) is 16.9 Å². The molecular weight excluding hydrogens is 333 g/mol. The SMILES string of the molecule is CC1(C)CC(Nc2ccccc2I)CC(C)(C)C1. The van der Waals surface area contributed by atoms with Gasteiger partial charge in [-0.3, -0.25) is 0 Å². The summed E-state index contributed by atoms with van der Waals surface area (Å²) in [6.45, 7) is 9.61. The van der Waals surface area contributed by atoms with Crippen LogP contribution in [0.2, 0.25) is 0 Å². The standard InChI is InChI=1S/C16H24IN/c1-15(2)9-12(10-16(3,4)11-15)18-14-8-6-5-7-13(14)17/h5-8,12,18H,9-11H2,1-4H3. The Hall–Kier alpha value is -0.250. The molecular formula is C16H24IN. The second-order valence-electron chi connectivity index (χ2n) is 7.23. The number of hydrogen-bond donors (Lipinski definition) is 1. The lowest BCUT2D eigenvalue weighted by Crippen LogP contribution is -2.40. The first-order valence-corrected chi connectivity index (χ1v) is 7.86. The average molecular weight is 357 g/mol. The summed E-state index contributed by atoms with van der Waals surface area (Å²) in [5.74, 6) is 0. The first-order chi connectivity index (χ1) is 8.27. The maximum Gasteiger partial charge on any atom is 0.0478 e. The van der Waals surface area contributed by atoms with Gasteiger partial charge in [0.2, 0.25) is 0 Å². The Morgan fingerprint density at radius 3 is 2.17 bits per heavy atom. The minimum Gasteiger partial charge on any atom is -0.381 e. The third kappa shape index (κ3) is 3.62. The monoisotopic (exact) mass is 357 g/mol. The predicted molar refractivity (Wildman–Crippen MR) is 88.0 cm³/mol. The molecule has 0 aliphatic heterocycles. The highest BCUT2D eigenvalue weighted by Gasteiger charge is 2.38. The highest BCUT2D eigenvalue weighted by molar-refractivity contribution is 14.1. The minimum absolute atomic E-state index is 0.444. The molecule has 1 saturated carbocycles. The number of benzene rings is 1. The van der Waals surface area contributed by atoms with Crippen LogP contribution in [0.5, 0.6) is 0 Å². The minimum atomic E-state index is 0.444. The Labute approximate surface area is 125 Å². The van der Waals surface area contributed by atoms with Crippen LogP contribution in [0.1, 0.15) is 47.0 Å². The van der Waals surface area contributed by atoms with Gasteiger partial charge in [0.15, 0.2) is 0 Å². The van der Waals surface area contributed by atoms with Crippen LogP contribution in [-0.4, -0.2) is 6.04 Å². The van der Waals surface area contributed by atoms with Gasteiger partial charge in [-0.25, -0.2) is 0 Å². The summed E-state index contributed by atoms with van der Waals surface area (Å²) < 4.78 is 1.32. The third-order valence-electron chi connectivity index (χ3n) is 3.79. The average Bonchev–Trinajstić information content (AvgIpc) is 2.16. The summed E-state index contributed by atoms with van der Waals surface area (Å²) in [6, 6.07) is 9.17. The molecule has 2 heteroatoms. The van der Waals surface area contributed by atoms with Gasteiger partial charge in [0.05, 0.1) is 0 Å². The molecule has 2 rings (SSSR count). The van der Waals surface area contributed by atoms with Gasteiger partial charge >= 0.3 is 0 Å². The van der Waals surface area contributed by atoms with Crippen molar-refractivity contribution in [1.29, 1.82) is 0 Å². The number of hydrogen-bond acceptors (Lipinski definition) is 1. The van der Waals surface area contributed by atoms with E-state index >= 15 is 0 Å². The van der Waals surface area contributed by atoms with E-state index in [9.17, 15) is 0 Å². The molecule has 1 N–H and O–H groups in total. The summed E-state index contributed by atoms with van der Waals surface area (Å²) in [7, 11) is 0. The number of rotatable bonds is 2. The van der Waals surface area contributed by atoms with Crippen molar-refractivity contribution in [3.63, 3.8) is 0 Å². The van der Waals surface area contributed by atoms with Gasteiger partial charge < -0.3 is 5.32 Å². The van der Waals surface area contributed by atoms with Gasteiger partial charge in [0.25, 0.3) is 0 Å². The number of anilines is 1. The predicted octanol–water partition coefficient (Wildman–Crippen LogP) is 5.31. The zero-order valence-corrected chi connectivity index (χ0v) is 14.0. The summed E-state index contributed by atoms with van der Waals surface area (Å²) in [5, 5.41) is 3.75. The lowest BCUT2D eigenvalue weighted by molar-refractivity contribution is 0.105. The molecule has 0 radical (unpaired) electrons. The second kappa shape index (κ2) is 5.03. The van der Waals surface area contributed by atoms with Crippen molar-refractivity contribution in [2.24, 2.45) is 10.8 Å². The van der Waals surface area contributed by atoms with Crippen molar-refractivity contribution in [1.82, 2.24) is 0 Å². The van der Waals surface area contributed by atoms with Crippen LogP contribution >= 0.6 is 22.6 Å². The van der Waals surface area contributed by atoms with Crippen LogP contribution in [0.15, 0.2) is 24.3 Å². The van der Waals surface area contributed by atoms with Gasteiger partial charge in [0.1, 0.15) is 0 Å². The van der Waals surface area contributed by atoms with E-state index in [4.69, 9.17) is 0 Å². The second-order valence-corrected chi connectivity index (χ2v) is 8.40. The molecule has 0 saturated heterocycles. The molecule has 0 unspecified atom stereocenters. The summed E-state index contributed by atoms with van der Waals surface area (Å²) in [4.78, 5) is 0. The number of halogens is 1. The topological polar surface area (TPSA) is 12.0 Å². The fourth-order valence-electron chi connectivity index (χ4n) is 3.75. The Kier molecular flexibility index (Phi) is 3.96. The molecule has 0 spiro atoms. The molecule has 0 atom stereocenters. The lowest BCUT2D eigenvalue weighted by Gasteiger charge is -2.45. The van der Waals surface area contributed by atoms with Crippen molar-refractivity contribution in [2.45, 2.75) is 53.0 Å². The first-order valence-electron chi connectivity index (χ1n) is 6.79. The summed E-state index contributed by atoms with van der Waals surface area (Å²) >= 11 is 2.41. The van der Waals surface area contributed by atoms with E-state index in [1.807, 2.05) is 0 Å². The van der Waals surface area contributed by atoms with Crippen molar-refractivity contribution >= 4 is 28.3 Å². The van der Waals surface area contributed by atoms with Gasteiger partial charge in [-0.05, 0) is 64.8 Å². The van der Waals surface area contributed by atoms with Crippen molar-refractivity contribution in [3.8, 4) is 0 Å². The maximum absolute atomic E-state index is 3.75. The van der Waals surface area contributed by atoms with Crippen molar-refractivity contribution in [3.05, 3.63) is 27.8 Å². The first kappa shape index (κ1) is 14.2. The van der Waals surface area contributed by atoms with E-state index in [1.54, 1.807) is 0 Å². The maximum atomic E-state index is 3.75. The van der Waals surface area contributed by atoms with Crippen LogP contribution < -0.4 is 5.32 Å². The molecule has 1 aliphatic carbocycles. The quantitative estimate of drug-likeness (QED) is 0.708. The van der Waals surface area contributed by atoms with Gasteiger partial charge in [-0.15, -0.1) is 0 Å². The van der Waals surface area contributed by atoms with Crippen LogP contribution in [0, 0.1) is 14.4 Å². The van der Waals surface area contributed by atoms with Crippen LogP contribution in [-0.2, 0) is 0 Å². The van der Waals surface area contributed by atoms with E-state index in [-0.39, 0.29) is 0 Å². The Morgan fingerprint density at radius 1 is 1.06 bits per heavy atom. The molecule has 1 nitrogen and oxygen atoms in total. The Bertz CT molecular complexity index is 407. The van der Waals surface area contributed by atoms with Crippen LogP contribution in [0.3, 0.4) is 0 Å². The van der Waals surface area contributed by atoms with E-state index in [0.717, 1.165) is 0 Å². The van der Waals surface area contributed by atoms with Gasteiger partial charge in [0, 0.05) is 15.3 Å². The van der Waals surface area contributed by atoms with Gasteiger partial charge in [-0.1, -0.05) is 39.8 Å². The zero-order chi connectivity index (χ0) is 13.4. The summed E-state index contributed by atoms with van der Waals surface area (Å²) in [6.07, 6.45) is 3.85. The molecule has 1 aliphatic rings. The van der Waals surface area contributed by atoms with E-state index in [1.165, 1.54) is 28.5 Å². The van der Waals surface area contributed by atoms with Crippen LogP contribution in [0.4, 0.5) is 5.69 Å². The third-order valence-corrected chi connectivity index (χ3v) is 4.73. The van der Waals surface area contributed by atoms with Crippen molar-refractivity contribution in [2.75, 3.05) is 5.32 Å². The number of para-hydroxylation sites is 1. The molecule has 0 heterocycles. The lowest BCUT2D eigenvalue weighted by atomic mass is 9.63. The molecule has 1 fully saturated rings. The van der Waals surface area contributed by atoms with E-state index in [2.05, 4.69) is 79.9 Å². The molecule has 18 heavy (non-hydrogen) atoms. The van der Waals surface area contributed by atoms with Crippen LogP contribution in [0.25, 0.3) is 0 Å². The fourth-order valence-corrected chi connectivity index (χ4v) is 4.29. The molecule has 0 aromatic heterocycles. The molecule has 100 valence electrons. The molecule has 1 aromatic carbocycles. The Balaban J connectivity index is 2.12.